The average molecular weight is 503 g/mol. The Morgan fingerprint density at radius 2 is 1.80 bits per heavy atom. The zero-order valence-electron chi connectivity index (χ0n) is 19.4. The third kappa shape index (κ3) is 4.48. The van der Waals surface area contributed by atoms with E-state index >= 15 is 0 Å². The van der Waals surface area contributed by atoms with Crippen LogP contribution in [0.5, 0.6) is 5.75 Å². The maximum absolute atomic E-state index is 13.2. The summed E-state index contributed by atoms with van der Waals surface area (Å²) in [6.07, 6.45) is 1.54. The van der Waals surface area contributed by atoms with E-state index in [0.29, 0.717) is 32.3 Å². The monoisotopic (exact) mass is 502 g/mol. The molecule has 3 heterocycles. The van der Waals surface area contributed by atoms with Crippen molar-refractivity contribution in [3.8, 4) is 17.0 Å². The predicted octanol–water partition coefficient (Wildman–Crippen LogP) is 5.51. The minimum absolute atomic E-state index is 0.154. The first-order valence-corrected chi connectivity index (χ1v) is 12.5. The van der Waals surface area contributed by atoms with Crippen LogP contribution in [0.3, 0.4) is 0 Å². The largest absolute Gasteiger partial charge is 0.497 e. The molecule has 176 valence electrons. The van der Waals surface area contributed by atoms with Crippen molar-refractivity contribution in [2.45, 2.75) is 20.4 Å². The van der Waals surface area contributed by atoms with Crippen LogP contribution in [0.15, 0.2) is 65.7 Å². The minimum atomic E-state index is -0.297. The molecule has 0 aliphatic heterocycles. The van der Waals surface area contributed by atoms with E-state index in [1.54, 1.807) is 24.9 Å². The molecule has 0 atom stereocenters. The van der Waals surface area contributed by atoms with Gasteiger partial charge in [0.2, 0.25) is 0 Å². The van der Waals surface area contributed by atoms with Crippen LogP contribution in [0.25, 0.3) is 21.5 Å². The van der Waals surface area contributed by atoms with Crippen LogP contribution < -0.4 is 15.6 Å². The third-order valence-corrected chi connectivity index (χ3v) is 7.78. The molecule has 0 spiro atoms. The summed E-state index contributed by atoms with van der Waals surface area (Å²) in [5, 5.41) is 3.89. The van der Waals surface area contributed by atoms with Crippen molar-refractivity contribution < 1.29 is 9.53 Å². The van der Waals surface area contributed by atoms with Gasteiger partial charge in [-0.15, -0.1) is 22.7 Å². The molecule has 35 heavy (non-hydrogen) atoms. The summed E-state index contributed by atoms with van der Waals surface area (Å²) in [5.74, 6) is 0.473. The van der Waals surface area contributed by atoms with Crippen molar-refractivity contribution in [2.24, 2.45) is 0 Å². The van der Waals surface area contributed by atoms with Crippen molar-refractivity contribution in [1.29, 1.82) is 0 Å². The number of fused-ring (bicyclic) bond motifs is 1. The maximum Gasteiger partial charge on any atom is 0.267 e. The molecule has 0 fully saturated rings. The lowest BCUT2D eigenvalue weighted by molar-refractivity contribution is 0.103. The van der Waals surface area contributed by atoms with E-state index in [1.165, 1.54) is 22.7 Å². The molecule has 5 rings (SSSR count). The summed E-state index contributed by atoms with van der Waals surface area (Å²) in [6.45, 7) is 4.18. The molecule has 0 saturated heterocycles. The fourth-order valence-corrected chi connectivity index (χ4v) is 5.75. The number of ether oxygens (including phenoxy) is 1. The van der Waals surface area contributed by atoms with Crippen molar-refractivity contribution in [2.75, 3.05) is 12.4 Å². The van der Waals surface area contributed by atoms with E-state index in [-0.39, 0.29) is 11.5 Å². The molecule has 9 heteroatoms. The van der Waals surface area contributed by atoms with E-state index < -0.39 is 0 Å². The number of hydrogen-bond acceptors (Lipinski definition) is 7. The number of thiophene rings is 1. The molecule has 0 aliphatic carbocycles. The molecule has 0 aliphatic rings. The number of carbonyl (C=O) groups excluding carboxylic acids is 1. The molecule has 1 N–H and O–H groups in total. The predicted molar refractivity (Wildman–Crippen MR) is 141 cm³/mol. The van der Waals surface area contributed by atoms with Gasteiger partial charge in [-0.1, -0.05) is 30.3 Å². The normalized spacial score (nSPS) is 11.1. The second kappa shape index (κ2) is 9.44. The zero-order valence-corrected chi connectivity index (χ0v) is 21.0. The highest BCUT2D eigenvalue weighted by atomic mass is 32.1. The van der Waals surface area contributed by atoms with Crippen molar-refractivity contribution in [3.63, 3.8) is 0 Å². The smallest absolute Gasteiger partial charge is 0.267 e. The highest BCUT2D eigenvalue weighted by Crippen LogP contribution is 2.33. The maximum atomic E-state index is 13.2. The molecule has 5 aromatic rings. The number of aryl methyl sites for hydroxylation is 2. The number of benzene rings is 2. The summed E-state index contributed by atoms with van der Waals surface area (Å²) in [6, 6.07) is 17.4. The van der Waals surface area contributed by atoms with Gasteiger partial charge in [-0.2, -0.15) is 0 Å². The third-order valence-electron chi connectivity index (χ3n) is 5.70. The van der Waals surface area contributed by atoms with E-state index in [2.05, 4.69) is 15.3 Å². The number of carbonyl (C=O) groups is 1. The summed E-state index contributed by atoms with van der Waals surface area (Å²) in [5.41, 5.74) is 3.24. The summed E-state index contributed by atoms with van der Waals surface area (Å²) >= 11 is 2.63. The van der Waals surface area contributed by atoms with Gasteiger partial charge in [0.1, 0.15) is 10.6 Å². The van der Waals surface area contributed by atoms with Gasteiger partial charge in [0.25, 0.3) is 11.5 Å². The topological polar surface area (TPSA) is 86.1 Å². The first-order valence-electron chi connectivity index (χ1n) is 10.9. The Balaban J connectivity index is 1.42. The van der Waals surface area contributed by atoms with Crippen LogP contribution in [0.2, 0.25) is 0 Å². The van der Waals surface area contributed by atoms with Crippen molar-refractivity contribution in [1.82, 2.24) is 14.5 Å². The number of hydrogen-bond donors (Lipinski definition) is 1. The number of methoxy groups -OCH3 is 1. The number of nitrogens with zero attached hydrogens (tertiary/aromatic N) is 3. The Hall–Kier alpha value is -3.82. The minimum Gasteiger partial charge on any atom is -0.497 e. The lowest BCUT2D eigenvalue weighted by atomic mass is 10.1. The summed E-state index contributed by atoms with van der Waals surface area (Å²) < 4.78 is 6.79. The lowest BCUT2D eigenvalue weighted by Crippen LogP contribution is -2.21. The Morgan fingerprint density at radius 3 is 2.51 bits per heavy atom. The second-order valence-electron chi connectivity index (χ2n) is 8.01. The molecule has 7 nitrogen and oxygen atoms in total. The Labute approximate surface area is 209 Å². The van der Waals surface area contributed by atoms with E-state index in [0.717, 1.165) is 27.4 Å². The van der Waals surface area contributed by atoms with Crippen molar-refractivity contribution >= 4 is 43.9 Å². The van der Waals surface area contributed by atoms with Gasteiger partial charge in [0.05, 0.1) is 35.9 Å². The van der Waals surface area contributed by atoms with E-state index in [9.17, 15) is 9.59 Å². The molecular formula is C26H22N4O3S2. The number of amides is 1. The quantitative estimate of drug-likeness (QED) is 0.331. The lowest BCUT2D eigenvalue weighted by Gasteiger charge is -2.05. The molecule has 0 bridgehead atoms. The van der Waals surface area contributed by atoms with Gasteiger partial charge in [-0.05, 0) is 49.2 Å². The number of thiazole rings is 1. The first kappa shape index (κ1) is 22.9. The summed E-state index contributed by atoms with van der Waals surface area (Å²) in [7, 11) is 1.63. The van der Waals surface area contributed by atoms with Gasteiger partial charge < -0.3 is 4.74 Å². The van der Waals surface area contributed by atoms with Gasteiger partial charge in [-0.3, -0.25) is 19.5 Å². The molecule has 0 unspecified atom stereocenters. The molecule has 0 saturated carbocycles. The Morgan fingerprint density at radius 1 is 1.06 bits per heavy atom. The molecule has 0 radical (unpaired) electrons. The number of rotatable bonds is 6. The van der Waals surface area contributed by atoms with Gasteiger partial charge >= 0.3 is 0 Å². The highest BCUT2D eigenvalue weighted by molar-refractivity contribution is 7.21. The SMILES string of the molecule is COc1ccc(-c2nc(NC(=O)c3sc4ncn(Cc5ccccc5)c(=O)c4c3C)sc2C)cc1. The van der Waals surface area contributed by atoms with Gasteiger partial charge in [0, 0.05) is 10.4 Å². The Bertz CT molecular complexity index is 1590. The van der Waals surface area contributed by atoms with Crippen LogP contribution in [-0.2, 0) is 6.54 Å². The fraction of sp³-hybridized carbons (Fsp3) is 0.154. The first-order chi connectivity index (χ1) is 16.9. The molecule has 2 aromatic carbocycles. The molecular weight excluding hydrogens is 480 g/mol. The van der Waals surface area contributed by atoms with Crippen LogP contribution in [-0.4, -0.2) is 27.6 Å². The van der Waals surface area contributed by atoms with Crippen LogP contribution in [0.4, 0.5) is 5.13 Å². The Kier molecular flexibility index (Phi) is 6.19. The van der Waals surface area contributed by atoms with Gasteiger partial charge in [-0.25, -0.2) is 9.97 Å². The van der Waals surface area contributed by atoms with Crippen molar-refractivity contribution in [3.05, 3.63) is 92.2 Å². The fourth-order valence-electron chi connectivity index (χ4n) is 3.89. The highest BCUT2D eigenvalue weighted by Gasteiger charge is 2.21. The van der Waals surface area contributed by atoms with Gasteiger partial charge in [0.15, 0.2) is 5.13 Å². The average Bonchev–Trinajstić information content (AvgIpc) is 3.41. The summed E-state index contributed by atoms with van der Waals surface area (Å²) in [4.78, 5) is 37.4. The van der Waals surface area contributed by atoms with E-state index in [1.807, 2.05) is 61.5 Å². The zero-order chi connectivity index (χ0) is 24.5. The number of nitrogens with one attached hydrogen (secondary N) is 1. The van der Waals surface area contributed by atoms with E-state index in [4.69, 9.17) is 4.74 Å². The molecule has 1 amide bonds. The van der Waals surface area contributed by atoms with Crippen LogP contribution in [0.1, 0.15) is 25.7 Å². The number of anilines is 1. The second-order valence-corrected chi connectivity index (χ2v) is 10.2. The standard InChI is InChI=1S/C26H22N4O3S2/c1-15-20-24(27-14-30(25(20)32)13-17-7-5-4-6-8-17)35-22(15)23(31)29-26-28-21(16(2)34-26)18-9-11-19(33-3)12-10-18/h4-12,14H,13H2,1-3H3,(H,28,29,31). The number of aromatic nitrogens is 3. The molecule has 3 aromatic heterocycles. The van der Waals surface area contributed by atoms with Crippen LogP contribution >= 0.6 is 22.7 Å². The van der Waals surface area contributed by atoms with Crippen LogP contribution in [0, 0.1) is 13.8 Å².